The Morgan fingerprint density at radius 1 is 0.739 bits per heavy atom. The van der Waals surface area contributed by atoms with Gasteiger partial charge < -0.3 is 19.8 Å². The van der Waals surface area contributed by atoms with E-state index < -0.39 is 17.4 Å². The minimum Gasteiger partial charge on any atom is -0.549 e. The molecule has 23 heavy (non-hydrogen) atoms. The van der Waals surface area contributed by atoms with E-state index in [2.05, 4.69) is 6.92 Å². The van der Waals surface area contributed by atoms with E-state index in [0.717, 1.165) is 19.3 Å². The Kier molecular flexibility index (Phi) is 23.4. The van der Waals surface area contributed by atoms with Crippen molar-refractivity contribution in [1.82, 2.24) is 0 Å². The van der Waals surface area contributed by atoms with Gasteiger partial charge in [0.25, 0.3) is 0 Å². The van der Waals surface area contributed by atoms with Crippen LogP contribution < -0.4 is 91.2 Å². The van der Waals surface area contributed by atoms with Crippen LogP contribution in [0.15, 0.2) is 0 Å². The first-order chi connectivity index (χ1) is 10.0. The van der Waals surface area contributed by atoms with Gasteiger partial charge >= 0.3 is 80.9 Å². The first kappa shape index (κ1) is 29.3. The normalized spacial score (nSPS) is 10.5. The number of hydrogen-bond donors (Lipinski definition) is 0. The summed E-state index contributed by atoms with van der Waals surface area (Å²) >= 11 is 0. The molecule has 0 atom stereocenters. The average molecular weight is 361 g/mol. The molecule has 0 aliphatic rings. The number of aliphatic carboxylic acids is 2. The van der Waals surface area contributed by atoms with Gasteiger partial charge in [-0.05, 0) is 12.8 Å². The summed E-state index contributed by atoms with van der Waals surface area (Å²) in [6, 6.07) is 0. The van der Waals surface area contributed by atoms with Crippen molar-refractivity contribution < 1.29 is 101 Å². The van der Waals surface area contributed by atoms with Crippen LogP contribution in [0.3, 0.4) is 0 Å². The van der Waals surface area contributed by atoms with Crippen LogP contribution in [-0.2, 0) is 9.59 Å². The van der Waals surface area contributed by atoms with Gasteiger partial charge in [0.05, 0.1) is 11.9 Å². The maximum Gasteiger partial charge on any atom is 1.00 e. The van der Waals surface area contributed by atoms with Crippen molar-refractivity contribution in [1.29, 1.82) is 0 Å². The molecule has 0 heterocycles. The summed E-state index contributed by atoms with van der Waals surface area (Å²) in [5.74, 6) is -3.03. The number of rotatable bonds is 14. The molecule has 0 aliphatic heterocycles. The van der Waals surface area contributed by atoms with E-state index in [0.29, 0.717) is 6.42 Å². The molecular formula is C17H30KNaO4. The van der Waals surface area contributed by atoms with Gasteiger partial charge in [0.2, 0.25) is 0 Å². The summed E-state index contributed by atoms with van der Waals surface area (Å²) in [4.78, 5) is 22.1. The molecule has 0 radical (unpaired) electrons. The molecule has 124 valence electrons. The maximum atomic E-state index is 11.1. The second kappa shape index (κ2) is 18.4. The van der Waals surface area contributed by atoms with Crippen LogP contribution in [0.5, 0.6) is 0 Å². The first-order valence-electron chi connectivity index (χ1n) is 8.44. The monoisotopic (exact) mass is 360 g/mol. The van der Waals surface area contributed by atoms with E-state index in [1.54, 1.807) is 6.92 Å². The van der Waals surface area contributed by atoms with Crippen LogP contribution in [0.2, 0.25) is 0 Å². The minimum absolute atomic E-state index is 0. The van der Waals surface area contributed by atoms with Gasteiger partial charge in [0.1, 0.15) is 0 Å². The smallest absolute Gasteiger partial charge is 0.549 e. The summed E-state index contributed by atoms with van der Waals surface area (Å²) in [6.07, 6.45) is 11.4. The summed E-state index contributed by atoms with van der Waals surface area (Å²) in [5, 5.41) is 22.1. The van der Waals surface area contributed by atoms with Crippen molar-refractivity contribution in [2.75, 3.05) is 0 Å². The van der Waals surface area contributed by atoms with Gasteiger partial charge in [-0.3, -0.25) is 0 Å². The van der Waals surface area contributed by atoms with Crippen molar-refractivity contribution in [2.24, 2.45) is 5.41 Å². The van der Waals surface area contributed by atoms with Crippen molar-refractivity contribution >= 4 is 11.9 Å². The Morgan fingerprint density at radius 3 is 1.39 bits per heavy atom. The number of carboxylic acids is 2. The molecule has 4 nitrogen and oxygen atoms in total. The Bertz CT molecular complexity index is 297. The number of carbonyl (C=O) groups is 2. The molecule has 0 aliphatic carbocycles. The predicted molar refractivity (Wildman–Crippen MR) is 79.2 cm³/mol. The van der Waals surface area contributed by atoms with Crippen molar-refractivity contribution in [3.8, 4) is 0 Å². The third-order valence-corrected chi connectivity index (χ3v) is 4.34. The molecule has 0 N–H and O–H groups in total. The molecule has 0 saturated carbocycles. The van der Waals surface area contributed by atoms with Gasteiger partial charge in [-0.1, -0.05) is 78.1 Å². The zero-order valence-electron chi connectivity index (χ0n) is 15.6. The average Bonchev–Trinajstić information content (AvgIpc) is 2.44. The first-order valence-corrected chi connectivity index (χ1v) is 8.44. The molecule has 0 aromatic heterocycles. The van der Waals surface area contributed by atoms with Gasteiger partial charge in [-0.15, -0.1) is 0 Å². The molecule has 0 aromatic carbocycles. The molecule has 0 unspecified atom stereocenters. The van der Waals surface area contributed by atoms with E-state index in [1.165, 1.54) is 38.5 Å². The predicted octanol–water partition coefficient (Wildman–Crippen LogP) is -3.80. The molecule has 0 fully saturated rings. The largest absolute Gasteiger partial charge is 1.00 e. The molecular weight excluding hydrogens is 330 g/mol. The zero-order chi connectivity index (χ0) is 16.1. The SMILES string of the molecule is CCCCCCCCCCCCC(CC)(C(=O)[O-])C(=O)[O-].[K+].[Na+]. The Labute approximate surface area is 206 Å². The summed E-state index contributed by atoms with van der Waals surface area (Å²) < 4.78 is 0. The van der Waals surface area contributed by atoms with Crippen LogP contribution in [-0.4, -0.2) is 11.9 Å². The maximum absolute atomic E-state index is 11.1. The topological polar surface area (TPSA) is 80.3 Å². The van der Waals surface area contributed by atoms with Crippen LogP contribution >= 0.6 is 0 Å². The third kappa shape index (κ3) is 12.5. The van der Waals surface area contributed by atoms with Crippen LogP contribution in [0, 0.1) is 5.41 Å². The summed E-state index contributed by atoms with van der Waals surface area (Å²) in [7, 11) is 0. The second-order valence-electron chi connectivity index (χ2n) is 5.94. The Balaban J connectivity index is -0.00000200. The molecule has 0 aromatic rings. The number of carboxylic acid groups (broad SMARTS) is 2. The molecule has 0 bridgehead atoms. The standard InChI is InChI=1S/C17H32O4.K.Na/c1-3-5-6-7-8-9-10-11-12-13-14-17(4-2,15(18)19)16(20)21;;/h3-14H2,1-2H3,(H,18,19)(H,20,21);;/q;2*+1/p-2. The number of hydrogen-bond acceptors (Lipinski definition) is 4. The van der Waals surface area contributed by atoms with E-state index in [-0.39, 0.29) is 93.8 Å². The van der Waals surface area contributed by atoms with Gasteiger partial charge in [-0.25, -0.2) is 0 Å². The molecule has 6 heteroatoms. The Morgan fingerprint density at radius 2 is 1.09 bits per heavy atom. The minimum atomic E-state index is -1.81. The van der Waals surface area contributed by atoms with Crippen molar-refractivity contribution in [2.45, 2.75) is 90.9 Å². The summed E-state index contributed by atoms with van der Waals surface area (Å²) in [5.41, 5.74) is -1.81. The van der Waals surface area contributed by atoms with Gasteiger partial charge in [-0.2, -0.15) is 0 Å². The molecule has 0 saturated heterocycles. The molecule has 0 rings (SSSR count). The fraction of sp³-hybridized carbons (Fsp3) is 0.882. The van der Waals surface area contributed by atoms with Gasteiger partial charge in [0.15, 0.2) is 0 Å². The second-order valence-corrected chi connectivity index (χ2v) is 5.94. The van der Waals surface area contributed by atoms with Crippen LogP contribution in [0.1, 0.15) is 90.9 Å². The van der Waals surface area contributed by atoms with E-state index >= 15 is 0 Å². The molecule has 0 spiro atoms. The number of carbonyl (C=O) groups excluding carboxylic acids is 2. The fourth-order valence-corrected chi connectivity index (χ4v) is 2.67. The fourth-order valence-electron chi connectivity index (χ4n) is 2.67. The molecule has 0 amide bonds. The Hall–Kier alpha value is 1.58. The zero-order valence-corrected chi connectivity index (χ0v) is 20.7. The third-order valence-electron chi connectivity index (χ3n) is 4.34. The van der Waals surface area contributed by atoms with Gasteiger partial charge in [0, 0.05) is 5.41 Å². The van der Waals surface area contributed by atoms with E-state index in [1.807, 2.05) is 0 Å². The van der Waals surface area contributed by atoms with E-state index in [9.17, 15) is 19.8 Å². The quantitative estimate of drug-likeness (QED) is 0.181. The van der Waals surface area contributed by atoms with Crippen molar-refractivity contribution in [3.63, 3.8) is 0 Å². The van der Waals surface area contributed by atoms with Crippen molar-refractivity contribution in [3.05, 3.63) is 0 Å². The summed E-state index contributed by atoms with van der Waals surface area (Å²) in [6.45, 7) is 3.76. The van der Waals surface area contributed by atoms with Crippen LogP contribution in [0.4, 0.5) is 0 Å². The van der Waals surface area contributed by atoms with Crippen LogP contribution in [0.25, 0.3) is 0 Å². The number of unbranched alkanes of at least 4 members (excludes halogenated alkanes) is 9. The van der Waals surface area contributed by atoms with E-state index in [4.69, 9.17) is 0 Å².